The number of carbonyl (C=O) groups is 2. The Labute approximate surface area is 110 Å². The first-order valence-electron chi connectivity index (χ1n) is 5.90. The number of carboxylic acid groups (broad SMARTS) is 1. The van der Waals surface area contributed by atoms with Crippen LogP contribution in [0, 0.1) is 0 Å². The zero-order valence-electron chi connectivity index (χ0n) is 10.5. The quantitative estimate of drug-likeness (QED) is 0.877. The predicted octanol–water partition coefficient (Wildman–Crippen LogP) is 1.89. The Morgan fingerprint density at radius 2 is 2.16 bits per heavy atom. The van der Waals surface area contributed by atoms with Crippen LogP contribution in [0.3, 0.4) is 0 Å². The molecule has 2 aromatic rings. The van der Waals surface area contributed by atoms with E-state index in [1.54, 1.807) is 12.3 Å². The van der Waals surface area contributed by atoms with Crippen LogP contribution in [0.2, 0.25) is 0 Å². The van der Waals surface area contributed by atoms with E-state index in [9.17, 15) is 9.59 Å². The van der Waals surface area contributed by atoms with Crippen LogP contribution in [0.15, 0.2) is 36.5 Å². The molecule has 1 aromatic carbocycles. The molecule has 0 saturated carbocycles. The van der Waals surface area contributed by atoms with Gasteiger partial charge in [0.05, 0.1) is 18.0 Å². The molecular weight excluding hydrogens is 244 g/mol. The average Bonchev–Trinajstić information content (AvgIpc) is 2.36. The summed E-state index contributed by atoms with van der Waals surface area (Å²) in [6.07, 6.45) is 1.55. The number of rotatable bonds is 4. The lowest BCUT2D eigenvalue weighted by Crippen LogP contribution is -2.27. The maximum atomic E-state index is 11.2. The molecule has 0 spiro atoms. The molecule has 0 saturated heterocycles. The topological polar surface area (TPSA) is 79.3 Å². The third kappa shape index (κ3) is 3.28. The molecule has 0 bridgehead atoms. The van der Waals surface area contributed by atoms with Crippen molar-refractivity contribution in [2.24, 2.45) is 0 Å². The van der Waals surface area contributed by atoms with Gasteiger partial charge in [0.1, 0.15) is 0 Å². The van der Waals surface area contributed by atoms with Gasteiger partial charge >= 0.3 is 5.97 Å². The second kappa shape index (κ2) is 5.48. The van der Waals surface area contributed by atoms with Gasteiger partial charge in [-0.2, -0.15) is 0 Å². The Bertz CT molecular complexity index is 609. The standard InChI is InChI=1S/C14H14N2O3/c1-9(17)16-13(8-14(18)19)11-4-5-12-10(7-11)3-2-6-15-12/h2-7,13H,8H2,1H3,(H,16,17)(H,18,19)/t13-/m1/s1. The molecule has 0 aliphatic carbocycles. The zero-order valence-corrected chi connectivity index (χ0v) is 10.5. The van der Waals surface area contributed by atoms with Gasteiger partial charge in [-0.3, -0.25) is 14.6 Å². The molecule has 1 aromatic heterocycles. The maximum absolute atomic E-state index is 11.2. The molecule has 1 atom stereocenters. The lowest BCUT2D eigenvalue weighted by Gasteiger charge is -2.16. The van der Waals surface area contributed by atoms with E-state index >= 15 is 0 Å². The van der Waals surface area contributed by atoms with Gasteiger partial charge in [-0.05, 0) is 23.8 Å². The minimum absolute atomic E-state index is 0.147. The molecule has 0 aliphatic rings. The van der Waals surface area contributed by atoms with Crippen LogP contribution in [-0.2, 0) is 9.59 Å². The summed E-state index contributed by atoms with van der Waals surface area (Å²) >= 11 is 0. The molecule has 0 unspecified atom stereocenters. The molecule has 1 amide bonds. The van der Waals surface area contributed by atoms with Gasteiger partial charge in [0.25, 0.3) is 0 Å². The molecule has 1 heterocycles. The predicted molar refractivity (Wildman–Crippen MR) is 70.6 cm³/mol. The van der Waals surface area contributed by atoms with Gasteiger partial charge in [0, 0.05) is 18.5 Å². The number of pyridine rings is 1. The monoisotopic (exact) mass is 258 g/mol. The largest absolute Gasteiger partial charge is 0.481 e. The summed E-state index contributed by atoms with van der Waals surface area (Å²) in [4.78, 5) is 26.2. The SMILES string of the molecule is CC(=O)N[C@H](CC(=O)O)c1ccc2ncccc2c1. The van der Waals surface area contributed by atoms with E-state index in [4.69, 9.17) is 5.11 Å². The van der Waals surface area contributed by atoms with E-state index in [-0.39, 0.29) is 12.3 Å². The van der Waals surface area contributed by atoms with Crippen molar-refractivity contribution >= 4 is 22.8 Å². The van der Waals surface area contributed by atoms with Gasteiger partial charge in [0.15, 0.2) is 0 Å². The number of amides is 1. The lowest BCUT2D eigenvalue weighted by molar-refractivity contribution is -0.137. The fraction of sp³-hybridized carbons (Fsp3) is 0.214. The minimum Gasteiger partial charge on any atom is -0.481 e. The molecule has 2 N–H and O–H groups in total. The Morgan fingerprint density at radius 1 is 1.37 bits per heavy atom. The van der Waals surface area contributed by atoms with Crippen LogP contribution < -0.4 is 5.32 Å². The van der Waals surface area contributed by atoms with E-state index in [0.29, 0.717) is 0 Å². The second-order valence-corrected chi connectivity index (χ2v) is 4.31. The van der Waals surface area contributed by atoms with Gasteiger partial charge in [-0.1, -0.05) is 12.1 Å². The number of nitrogens with one attached hydrogen (secondary N) is 1. The summed E-state index contributed by atoms with van der Waals surface area (Å²) in [6, 6.07) is 8.65. The number of aliphatic carboxylic acids is 1. The summed E-state index contributed by atoms with van der Waals surface area (Å²) in [5.74, 6) is -1.21. The van der Waals surface area contributed by atoms with Crippen molar-refractivity contribution in [2.45, 2.75) is 19.4 Å². The number of nitrogens with zero attached hydrogens (tertiary/aromatic N) is 1. The van der Waals surface area contributed by atoms with Crippen molar-refractivity contribution in [1.82, 2.24) is 10.3 Å². The van der Waals surface area contributed by atoms with Crippen LogP contribution in [-0.4, -0.2) is 22.0 Å². The zero-order chi connectivity index (χ0) is 13.8. The van der Waals surface area contributed by atoms with Crippen molar-refractivity contribution < 1.29 is 14.7 Å². The number of fused-ring (bicyclic) bond motifs is 1. The van der Waals surface area contributed by atoms with Gasteiger partial charge < -0.3 is 10.4 Å². The highest BCUT2D eigenvalue weighted by Gasteiger charge is 2.16. The third-order valence-electron chi connectivity index (χ3n) is 2.79. The number of hydrogen-bond donors (Lipinski definition) is 2. The smallest absolute Gasteiger partial charge is 0.305 e. The van der Waals surface area contributed by atoms with Crippen molar-refractivity contribution in [3.63, 3.8) is 0 Å². The molecule has 2 rings (SSSR count). The van der Waals surface area contributed by atoms with E-state index in [1.807, 2.05) is 24.3 Å². The Balaban J connectivity index is 2.37. The van der Waals surface area contributed by atoms with Crippen LogP contribution in [0.1, 0.15) is 24.9 Å². The van der Waals surface area contributed by atoms with E-state index in [2.05, 4.69) is 10.3 Å². The molecule has 5 heteroatoms. The molecule has 0 aliphatic heterocycles. The molecule has 98 valence electrons. The van der Waals surface area contributed by atoms with Crippen molar-refractivity contribution in [3.05, 3.63) is 42.1 Å². The van der Waals surface area contributed by atoms with Crippen LogP contribution in [0.4, 0.5) is 0 Å². The van der Waals surface area contributed by atoms with Crippen LogP contribution in [0.25, 0.3) is 10.9 Å². The van der Waals surface area contributed by atoms with Crippen molar-refractivity contribution in [3.8, 4) is 0 Å². The fourth-order valence-electron chi connectivity index (χ4n) is 1.98. The normalized spacial score (nSPS) is 12.1. The highest BCUT2D eigenvalue weighted by atomic mass is 16.4. The van der Waals surface area contributed by atoms with Gasteiger partial charge in [0.2, 0.25) is 5.91 Å². The Hall–Kier alpha value is -2.43. The number of carboxylic acids is 1. The van der Waals surface area contributed by atoms with E-state index in [1.165, 1.54) is 6.92 Å². The molecular formula is C14H14N2O3. The molecule has 5 nitrogen and oxygen atoms in total. The molecule has 0 fully saturated rings. The first-order valence-corrected chi connectivity index (χ1v) is 5.90. The minimum atomic E-state index is -0.954. The summed E-state index contributed by atoms with van der Waals surface area (Å²) < 4.78 is 0. The van der Waals surface area contributed by atoms with E-state index in [0.717, 1.165) is 16.5 Å². The third-order valence-corrected chi connectivity index (χ3v) is 2.79. The highest BCUT2D eigenvalue weighted by Crippen LogP contribution is 2.21. The van der Waals surface area contributed by atoms with Crippen molar-refractivity contribution in [1.29, 1.82) is 0 Å². The second-order valence-electron chi connectivity index (χ2n) is 4.31. The van der Waals surface area contributed by atoms with Crippen LogP contribution >= 0.6 is 0 Å². The summed E-state index contributed by atoms with van der Waals surface area (Å²) in [5, 5.41) is 12.5. The fourth-order valence-corrected chi connectivity index (χ4v) is 1.98. The number of carbonyl (C=O) groups excluding carboxylic acids is 1. The van der Waals surface area contributed by atoms with Crippen LogP contribution in [0.5, 0.6) is 0 Å². The maximum Gasteiger partial charge on any atom is 0.305 e. The first-order chi connectivity index (χ1) is 9.06. The Kier molecular flexibility index (Phi) is 3.75. The number of aromatic nitrogens is 1. The highest BCUT2D eigenvalue weighted by molar-refractivity contribution is 5.80. The number of benzene rings is 1. The molecule has 0 radical (unpaired) electrons. The molecule has 19 heavy (non-hydrogen) atoms. The van der Waals surface area contributed by atoms with E-state index < -0.39 is 12.0 Å². The average molecular weight is 258 g/mol. The summed E-state index contributed by atoms with van der Waals surface area (Å²) in [7, 11) is 0. The van der Waals surface area contributed by atoms with Gasteiger partial charge in [-0.15, -0.1) is 0 Å². The Morgan fingerprint density at radius 3 is 2.84 bits per heavy atom. The number of hydrogen-bond acceptors (Lipinski definition) is 3. The first kappa shape index (κ1) is 13.0. The lowest BCUT2D eigenvalue weighted by atomic mass is 10.0. The van der Waals surface area contributed by atoms with Crippen molar-refractivity contribution in [2.75, 3.05) is 0 Å². The summed E-state index contributed by atoms with van der Waals surface area (Å²) in [5.41, 5.74) is 1.60. The van der Waals surface area contributed by atoms with Gasteiger partial charge in [-0.25, -0.2) is 0 Å². The summed E-state index contributed by atoms with van der Waals surface area (Å²) in [6.45, 7) is 1.37.